The molecule has 3 aliphatic rings. The van der Waals surface area contributed by atoms with Crippen LogP contribution in [0.1, 0.15) is 40.7 Å². The van der Waals surface area contributed by atoms with Crippen LogP contribution in [0.3, 0.4) is 0 Å². The standard InChI is InChI=1S/C18H24N2O2/c21-18(15-7-6-13-3-1-4-14(13)9-15)19-10-17-11-20-8-2-5-16(20)12-22-17/h6-7,9,16-17H,1-5,8,10-12H2,(H,19,21). The highest BCUT2D eigenvalue weighted by atomic mass is 16.5. The summed E-state index contributed by atoms with van der Waals surface area (Å²) in [5, 5.41) is 3.05. The molecule has 2 fully saturated rings. The smallest absolute Gasteiger partial charge is 0.251 e. The number of fused-ring (bicyclic) bond motifs is 2. The molecule has 118 valence electrons. The van der Waals surface area contributed by atoms with Gasteiger partial charge in [0.05, 0.1) is 12.7 Å². The molecule has 0 radical (unpaired) electrons. The Bertz CT molecular complexity index is 572. The fourth-order valence-electron chi connectivity index (χ4n) is 4.03. The van der Waals surface area contributed by atoms with Crippen molar-refractivity contribution in [3.05, 3.63) is 34.9 Å². The summed E-state index contributed by atoms with van der Waals surface area (Å²) in [6.07, 6.45) is 6.15. The normalized spacial score (nSPS) is 27.5. The fraction of sp³-hybridized carbons (Fsp3) is 0.611. The second-order valence-corrected chi connectivity index (χ2v) is 6.79. The van der Waals surface area contributed by atoms with Crippen LogP contribution in [0.15, 0.2) is 18.2 Å². The number of nitrogens with zero attached hydrogens (tertiary/aromatic N) is 1. The highest BCUT2D eigenvalue weighted by Crippen LogP contribution is 2.23. The van der Waals surface area contributed by atoms with Gasteiger partial charge < -0.3 is 10.1 Å². The fourth-order valence-corrected chi connectivity index (χ4v) is 4.03. The molecule has 2 aliphatic heterocycles. The van der Waals surface area contributed by atoms with Crippen molar-refractivity contribution in [3.8, 4) is 0 Å². The van der Waals surface area contributed by atoms with Crippen LogP contribution in [0.25, 0.3) is 0 Å². The Labute approximate surface area is 131 Å². The van der Waals surface area contributed by atoms with Crippen molar-refractivity contribution in [3.63, 3.8) is 0 Å². The van der Waals surface area contributed by atoms with Gasteiger partial charge in [-0.25, -0.2) is 0 Å². The van der Waals surface area contributed by atoms with Crippen LogP contribution in [-0.4, -0.2) is 49.2 Å². The molecular weight excluding hydrogens is 276 g/mol. The average Bonchev–Trinajstić information content (AvgIpc) is 3.19. The first kappa shape index (κ1) is 14.2. The van der Waals surface area contributed by atoms with Gasteiger partial charge in [-0.15, -0.1) is 0 Å². The summed E-state index contributed by atoms with van der Waals surface area (Å²) in [4.78, 5) is 14.8. The third kappa shape index (κ3) is 2.77. The first-order chi connectivity index (χ1) is 10.8. The number of rotatable bonds is 3. The summed E-state index contributed by atoms with van der Waals surface area (Å²) in [6, 6.07) is 6.75. The van der Waals surface area contributed by atoms with Crippen molar-refractivity contribution in [2.75, 3.05) is 26.2 Å². The van der Waals surface area contributed by atoms with E-state index in [-0.39, 0.29) is 12.0 Å². The molecule has 0 bridgehead atoms. The number of aryl methyl sites for hydroxylation is 2. The van der Waals surface area contributed by atoms with Crippen LogP contribution in [0.5, 0.6) is 0 Å². The lowest BCUT2D eigenvalue weighted by Crippen LogP contribution is -2.50. The Kier molecular flexibility index (Phi) is 3.89. The third-order valence-corrected chi connectivity index (χ3v) is 5.31. The van der Waals surface area contributed by atoms with Crippen LogP contribution in [0.2, 0.25) is 0 Å². The van der Waals surface area contributed by atoms with Gasteiger partial charge in [-0.05, 0) is 61.9 Å². The maximum absolute atomic E-state index is 12.3. The highest BCUT2D eigenvalue weighted by Gasteiger charge is 2.32. The molecule has 0 saturated carbocycles. The molecule has 1 aromatic rings. The van der Waals surface area contributed by atoms with Crippen molar-refractivity contribution in [1.82, 2.24) is 10.2 Å². The third-order valence-electron chi connectivity index (χ3n) is 5.31. The van der Waals surface area contributed by atoms with E-state index in [0.717, 1.165) is 31.6 Å². The van der Waals surface area contributed by atoms with Gasteiger partial charge in [-0.3, -0.25) is 9.69 Å². The summed E-state index contributed by atoms with van der Waals surface area (Å²) in [5.41, 5.74) is 3.55. The number of nitrogens with one attached hydrogen (secondary N) is 1. The van der Waals surface area contributed by atoms with E-state index in [9.17, 15) is 4.79 Å². The summed E-state index contributed by atoms with van der Waals surface area (Å²) < 4.78 is 5.90. The lowest BCUT2D eigenvalue weighted by atomic mass is 10.1. The molecule has 1 N–H and O–H groups in total. The number of ether oxygens (including phenoxy) is 1. The second kappa shape index (κ2) is 6.01. The minimum absolute atomic E-state index is 0.0295. The largest absolute Gasteiger partial charge is 0.373 e. The van der Waals surface area contributed by atoms with Gasteiger partial charge in [0.15, 0.2) is 0 Å². The van der Waals surface area contributed by atoms with E-state index in [1.807, 2.05) is 6.07 Å². The summed E-state index contributed by atoms with van der Waals surface area (Å²) in [5.74, 6) is 0.0295. The topological polar surface area (TPSA) is 41.6 Å². The van der Waals surface area contributed by atoms with Crippen molar-refractivity contribution in [2.45, 2.75) is 44.2 Å². The van der Waals surface area contributed by atoms with Gasteiger partial charge >= 0.3 is 0 Å². The maximum atomic E-state index is 12.3. The molecule has 4 rings (SSSR count). The zero-order valence-electron chi connectivity index (χ0n) is 13.0. The molecule has 4 nitrogen and oxygen atoms in total. The van der Waals surface area contributed by atoms with E-state index in [0.29, 0.717) is 12.6 Å². The quantitative estimate of drug-likeness (QED) is 0.925. The number of hydrogen-bond donors (Lipinski definition) is 1. The van der Waals surface area contributed by atoms with E-state index in [4.69, 9.17) is 4.74 Å². The molecule has 0 aromatic heterocycles. The number of carbonyl (C=O) groups excluding carboxylic acids is 1. The average molecular weight is 300 g/mol. The monoisotopic (exact) mass is 300 g/mol. The second-order valence-electron chi connectivity index (χ2n) is 6.79. The van der Waals surface area contributed by atoms with Gasteiger partial charge in [0.25, 0.3) is 5.91 Å². The molecule has 1 aliphatic carbocycles. The molecule has 4 heteroatoms. The molecule has 2 saturated heterocycles. The van der Waals surface area contributed by atoms with E-state index >= 15 is 0 Å². The summed E-state index contributed by atoms with van der Waals surface area (Å²) in [6.45, 7) is 3.57. The van der Waals surface area contributed by atoms with Crippen LogP contribution in [-0.2, 0) is 17.6 Å². The predicted octanol–water partition coefficient (Wildman–Crippen LogP) is 1.77. The lowest BCUT2D eigenvalue weighted by molar-refractivity contribution is -0.0461. The molecular formula is C18H24N2O2. The maximum Gasteiger partial charge on any atom is 0.251 e. The number of morpholine rings is 1. The molecule has 0 spiro atoms. The lowest BCUT2D eigenvalue weighted by Gasteiger charge is -2.35. The molecule has 2 atom stereocenters. The van der Waals surface area contributed by atoms with E-state index in [1.165, 1.54) is 36.9 Å². The Morgan fingerprint density at radius 2 is 2.18 bits per heavy atom. The Morgan fingerprint density at radius 1 is 1.27 bits per heavy atom. The number of benzene rings is 1. The predicted molar refractivity (Wildman–Crippen MR) is 85.1 cm³/mol. The number of carbonyl (C=O) groups is 1. The molecule has 2 unspecified atom stereocenters. The van der Waals surface area contributed by atoms with Crippen molar-refractivity contribution in [2.24, 2.45) is 0 Å². The van der Waals surface area contributed by atoms with Gasteiger partial charge in [-0.2, -0.15) is 0 Å². The van der Waals surface area contributed by atoms with Gasteiger partial charge in [-0.1, -0.05) is 6.07 Å². The van der Waals surface area contributed by atoms with E-state index < -0.39 is 0 Å². The first-order valence-corrected chi connectivity index (χ1v) is 8.55. The number of hydrogen-bond acceptors (Lipinski definition) is 3. The number of amides is 1. The summed E-state index contributed by atoms with van der Waals surface area (Å²) in [7, 11) is 0. The Balaban J connectivity index is 1.32. The van der Waals surface area contributed by atoms with Crippen molar-refractivity contribution >= 4 is 5.91 Å². The highest BCUT2D eigenvalue weighted by molar-refractivity contribution is 5.94. The van der Waals surface area contributed by atoms with Crippen LogP contribution in [0.4, 0.5) is 0 Å². The van der Waals surface area contributed by atoms with Crippen LogP contribution in [0, 0.1) is 0 Å². The van der Waals surface area contributed by atoms with Crippen LogP contribution < -0.4 is 5.32 Å². The zero-order valence-corrected chi connectivity index (χ0v) is 13.0. The molecule has 1 aromatic carbocycles. The summed E-state index contributed by atoms with van der Waals surface area (Å²) >= 11 is 0. The van der Waals surface area contributed by atoms with Crippen LogP contribution >= 0.6 is 0 Å². The minimum Gasteiger partial charge on any atom is -0.373 e. The van der Waals surface area contributed by atoms with E-state index in [1.54, 1.807) is 0 Å². The van der Waals surface area contributed by atoms with Gasteiger partial charge in [0.1, 0.15) is 0 Å². The molecule has 2 heterocycles. The first-order valence-electron chi connectivity index (χ1n) is 8.55. The Hall–Kier alpha value is -1.39. The van der Waals surface area contributed by atoms with Crippen molar-refractivity contribution in [1.29, 1.82) is 0 Å². The van der Waals surface area contributed by atoms with Gasteiger partial charge in [0, 0.05) is 24.7 Å². The minimum atomic E-state index is 0.0295. The molecule has 22 heavy (non-hydrogen) atoms. The van der Waals surface area contributed by atoms with E-state index in [2.05, 4.69) is 22.3 Å². The zero-order chi connectivity index (χ0) is 14.9. The Morgan fingerprint density at radius 3 is 3.14 bits per heavy atom. The molecule has 1 amide bonds. The van der Waals surface area contributed by atoms with Gasteiger partial charge in [0.2, 0.25) is 0 Å². The van der Waals surface area contributed by atoms with Crippen molar-refractivity contribution < 1.29 is 9.53 Å². The SMILES string of the molecule is O=C(NCC1CN2CCCC2CO1)c1ccc2c(c1)CCC2.